The molecule has 222 valence electrons. The van der Waals surface area contributed by atoms with Crippen LogP contribution in [0.5, 0.6) is 0 Å². The third-order valence-electron chi connectivity index (χ3n) is 8.15. The third kappa shape index (κ3) is 12.0. The Hall–Kier alpha value is -1.75. The van der Waals surface area contributed by atoms with Gasteiger partial charge in [-0.1, -0.05) is 134 Å². The second kappa shape index (κ2) is 16.6. The van der Waals surface area contributed by atoms with Crippen LogP contribution in [0.1, 0.15) is 38.5 Å². The molecule has 0 aromatic heterocycles. The SMILES string of the molecule is C[SiH](C)c1ccc([Si](C)(C)CCCOC(=O)CCCCC(=O)OCCC[Si](C)(C)c2ccc([SiH](C)C)cc2)cc1. The maximum Gasteiger partial charge on any atom is 0.305 e. The van der Waals surface area contributed by atoms with Gasteiger partial charge in [0.2, 0.25) is 0 Å². The number of rotatable bonds is 17. The Morgan fingerprint density at radius 1 is 0.575 bits per heavy atom. The van der Waals surface area contributed by atoms with Gasteiger partial charge in [-0.25, -0.2) is 0 Å². The first-order chi connectivity index (χ1) is 18.8. The average Bonchev–Trinajstić information content (AvgIpc) is 2.91. The van der Waals surface area contributed by atoms with Gasteiger partial charge in [-0.15, -0.1) is 0 Å². The molecular weight excluding hydrogens is 561 g/mol. The molecular formula is C32H54O4Si4. The normalized spacial score (nSPS) is 12.2. The lowest BCUT2D eigenvalue weighted by atomic mass is 10.2. The van der Waals surface area contributed by atoms with Crippen LogP contribution in [0.3, 0.4) is 0 Å². The summed E-state index contributed by atoms with van der Waals surface area (Å²) in [5.74, 6) is -0.315. The Labute approximate surface area is 249 Å². The molecule has 2 aromatic rings. The van der Waals surface area contributed by atoms with Crippen molar-refractivity contribution >= 4 is 66.4 Å². The zero-order chi connectivity index (χ0) is 29.8. The van der Waals surface area contributed by atoms with Gasteiger partial charge < -0.3 is 9.47 Å². The van der Waals surface area contributed by atoms with Crippen molar-refractivity contribution in [2.45, 2.75) is 103 Å². The minimum absolute atomic E-state index is 0.157. The Morgan fingerprint density at radius 2 is 0.900 bits per heavy atom. The van der Waals surface area contributed by atoms with Crippen LogP contribution in [-0.4, -0.2) is 58.9 Å². The predicted octanol–water partition coefficient (Wildman–Crippen LogP) is 5.03. The summed E-state index contributed by atoms with van der Waals surface area (Å²) in [5.41, 5.74) is 0. The summed E-state index contributed by atoms with van der Waals surface area (Å²) in [6.45, 7) is 20.0. The van der Waals surface area contributed by atoms with Crippen LogP contribution in [0, 0.1) is 0 Å². The van der Waals surface area contributed by atoms with Crippen LogP contribution in [-0.2, 0) is 19.1 Å². The number of ether oxygens (including phenoxy) is 2. The van der Waals surface area contributed by atoms with E-state index in [1.807, 2.05) is 0 Å². The van der Waals surface area contributed by atoms with Crippen LogP contribution in [0.15, 0.2) is 48.5 Å². The standard InChI is InChI=1S/C32H54O4Si4/c1-37(2)27-15-19-29(20-16-27)39(5,6)25-11-23-35-31(33)13-9-10-14-32(34)36-24-12-26-40(7,8)30-21-17-28(18-22-30)38(3)4/h15-22,37-38H,9-14,23-26H2,1-8H3. The fraction of sp³-hybridized carbons (Fsp3) is 0.562. The van der Waals surface area contributed by atoms with Crippen molar-refractivity contribution in [3.8, 4) is 0 Å². The van der Waals surface area contributed by atoms with Crippen molar-refractivity contribution in [3.63, 3.8) is 0 Å². The molecule has 0 amide bonds. The lowest BCUT2D eigenvalue weighted by molar-refractivity contribution is -0.145. The molecule has 2 aromatic carbocycles. The van der Waals surface area contributed by atoms with Crippen molar-refractivity contribution in [1.29, 1.82) is 0 Å². The molecule has 0 aliphatic heterocycles. The summed E-state index contributed by atoms with van der Waals surface area (Å²) in [7, 11) is -4.56. The minimum Gasteiger partial charge on any atom is -0.466 e. The van der Waals surface area contributed by atoms with Crippen LogP contribution >= 0.6 is 0 Å². The van der Waals surface area contributed by atoms with Gasteiger partial charge in [-0.2, -0.15) is 0 Å². The molecule has 0 atom stereocenters. The van der Waals surface area contributed by atoms with Crippen molar-refractivity contribution in [1.82, 2.24) is 0 Å². The number of carbonyl (C=O) groups is 2. The second-order valence-corrected chi connectivity index (χ2v) is 28.8. The molecule has 0 bridgehead atoms. The minimum atomic E-state index is -1.52. The third-order valence-corrected chi connectivity index (χ3v) is 18.6. The number of hydrogen-bond donors (Lipinski definition) is 0. The highest BCUT2D eigenvalue weighted by atomic mass is 28.3. The zero-order valence-corrected chi connectivity index (χ0v) is 30.8. The van der Waals surface area contributed by atoms with Gasteiger partial charge in [0.15, 0.2) is 0 Å². The highest BCUT2D eigenvalue weighted by Crippen LogP contribution is 2.14. The highest BCUT2D eigenvalue weighted by Gasteiger charge is 2.24. The van der Waals surface area contributed by atoms with E-state index < -0.39 is 33.7 Å². The first-order valence-corrected chi connectivity index (χ1v) is 27.5. The number of carbonyl (C=O) groups excluding carboxylic acids is 2. The number of benzene rings is 2. The summed E-state index contributed by atoms with van der Waals surface area (Å²) in [4.78, 5) is 24.3. The molecule has 0 aliphatic rings. The summed E-state index contributed by atoms with van der Waals surface area (Å²) in [5, 5.41) is 5.99. The molecule has 0 heterocycles. The van der Waals surface area contributed by atoms with Crippen LogP contribution in [0.2, 0.25) is 64.5 Å². The number of unbranched alkanes of at least 4 members (excludes halogenated alkanes) is 1. The van der Waals surface area contributed by atoms with Gasteiger partial charge in [0.25, 0.3) is 0 Å². The zero-order valence-electron chi connectivity index (χ0n) is 26.5. The fourth-order valence-corrected chi connectivity index (χ4v) is 11.7. The van der Waals surface area contributed by atoms with Gasteiger partial charge in [-0.05, 0) is 25.7 Å². The van der Waals surface area contributed by atoms with Gasteiger partial charge in [0.1, 0.15) is 0 Å². The van der Waals surface area contributed by atoms with Crippen molar-refractivity contribution in [2.24, 2.45) is 0 Å². The van der Waals surface area contributed by atoms with E-state index in [0.29, 0.717) is 38.9 Å². The number of esters is 2. The van der Waals surface area contributed by atoms with E-state index in [-0.39, 0.29) is 11.9 Å². The summed E-state index contributed by atoms with van der Waals surface area (Å²) >= 11 is 0. The molecule has 8 heteroatoms. The largest absolute Gasteiger partial charge is 0.466 e. The first kappa shape index (κ1) is 34.4. The Bertz CT molecular complexity index is 962. The van der Waals surface area contributed by atoms with Gasteiger partial charge >= 0.3 is 11.9 Å². The van der Waals surface area contributed by atoms with E-state index in [1.165, 1.54) is 20.7 Å². The van der Waals surface area contributed by atoms with E-state index in [2.05, 4.69) is 101 Å². The molecule has 0 unspecified atom stereocenters. The smallest absolute Gasteiger partial charge is 0.305 e. The van der Waals surface area contributed by atoms with E-state index in [9.17, 15) is 9.59 Å². The highest BCUT2D eigenvalue weighted by molar-refractivity contribution is 6.90. The molecule has 0 fully saturated rings. The monoisotopic (exact) mass is 614 g/mol. The van der Waals surface area contributed by atoms with Gasteiger partial charge in [0.05, 0.1) is 47.0 Å². The lowest BCUT2D eigenvalue weighted by Gasteiger charge is -2.23. The van der Waals surface area contributed by atoms with E-state index in [4.69, 9.17) is 9.47 Å². The molecule has 2 rings (SSSR count). The van der Waals surface area contributed by atoms with E-state index in [1.54, 1.807) is 0 Å². The van der Waals surface area contributed by atoms with E-state index >= 15 is 0 Å². The Balaban J connectivity index is 1.54. The maximum absolute atomic E-state index is 12.1. The Morgan fingerprint density at radius 3 is 1.20 bits per heavy atom. The van der Waals surface area contributed by atoms with E-state index in [0.717, 1.165) is 24.9 Å². The number of hydrogen-bond acceptors (Lipinski definition) is 4. The van der Waals surface area contributed by atoms with Crippen molar-refractivity contribution < 1.29 is 19.1 Å². The maximum atomic E-state index is 12.1. The van der Waals surface area contributed by atoms with Gasteiger partial charge in [-0.3, -0.25) is 9.59 Å². The predicted molar refractivity (Wildman–Crippen MR) is 183 cm³/mol. The van der Waals surface area contributed by atoms with Gasteiger partial charge in [0, 0.05) is 12.8 Å². The molecule has 0 saturated heterocycles. The molecule has 0 saturated carbocycles. The fourth-order valence-electron chi connectivity index (χ4n) is 5.01. The quantitative estimate of drug-likeness (QED) is 0.143. The van der Waals surface area contributed by atoms with Crippen molar-refractivity contribution in [2.75, 3.05) is 13.2 Å². The molecule has 40 heavy (non-hydrogen) atoms. The summed E-state index contributed by atoms with van der Waals surface area (Å²) < 4.78 is 11.0. The lowest BCUT2D eigenvalue weighted by Crippen LogP contribution is -2.42. The Kier molecular flexibility index (Phi) is 14.3. The molecule has 0 aliphatic carbocycles. The van der Waals surface area contributed by atoms with Crippen molar-refractivity contribution in [3.05, 3.63) is 48.5 Å². The topological polar surface area (TPSA) is 52.6 Å². The molecule has 0 N–H and O–H groups in total. The average molecular weight is 615 g/mol. The summed E-state index contributed by atoms with van der Waals surface area (Å²) in [6, 6.07) is 20.8. The second-order valence-electron chi connectivity index (χ2n) is 13.2. The van der Waals surface area contributed by atoms with Crippen LogP contribution in [0.4, 0.5) is 0 Å². The van der Waals surface area contributed by atoms with Crippen LogP contribution < -0.4 is 20.7 Å². The molecule has 0 radical (unpaired) electrons. The summed E-state index contributed by atoms with van der Waals surface area (Å²) in [6.07, 6.45) is 3.87. The van der Waals surface area contributed by atoms with Crippen LogP contribution in [0.25, 0.3) is 0 Å². The first-order valence-electron chi connectivity index (χ1n) is 15.3. The molecule has 0 spiro atoms. The molecule has 4 nitrogen and oxygen atoms in total.